The molecule has 5 aliphatic rings. The van der Waals surface area contributed by atoms with E-state index in [1.54, 1.807) is 45.9 Å². The molecule has 1 N–H and O–H groups in total. The monoisotopic (exact) mass is 1020 g/mol. The number of thiol groups is 1. The number of halogens is 4. The Bertz CT molecular complexity index is 1930. The Morgan fingerprint density at radius 1 is 0.806 bits per heavy atom. The Balaban J connectivity index is 0.000000252. The molecule has 0 amide bonds. The third-order valence-corrected chi connectivity index (χ3v) is 10.8. The van der Waals surface area contributed by atoms with Crippen LogP contribution in [0.2, 0.25) is 0 Å². The minimum absolute atomic E-state index is 0. The molecule has 343 valence electrons. The second-order valence-corrected chi connectivity index (χ2v) is 19.0. The van der Waals surface area contributed by atoms with Crippen LogP contribution in [0, 0.1) is 29.6 Å². The van der Waals surface area contributed by atoms with Crippen LogP contribution in [0.25, 0.3) is 0 Å². The molecular weight excluding hydrogens is 966 g/mol. The van der Waals surface area contributed by atoms with Crippen LogP contribution in [0.3, 0.4) is 0 Å². The van der Waals surface area contributed by atoms with Crippen LogP contribution in [0.4, 0.5) is 0 Å². The van der Waals surface area contributed by atoms with E-state index in [9.17, 15) is 9.90 Å². The maximum absolute atomic E-state index is 9.63. The predicted octanol–water partition coefficient (Wildman–Crippen LogP) is 6.33. The molecule has 2 unspecified atom stereocenters. The van der Waals surface area contributed by atoms with Gasteiger partial charge in [-0.3, -0.25) is 18.7 Å². The van der Waals surface area contributed by atoms with E-state index in [0.29, 0.717) is 17.8 Å². The van der Waals surface area contributed by atoms with Crippen LogP contribution in [0.1, 0.15) is 106 Å². The van der Waals surface area contributed by atoms with Crippen LogP contribution < -0.4 is 0 Å². The van der Waals surface area contributed by atoms with Crippen molar-refractivity contribution in [2.24, 2.45) is 69.1 Å². The number of hydrogen-bond donors (Lipinski definition) is 2. The zero-order valence-electron chi connectivity index (χ0n) is 34.9. The SMILES string of the molecule is C.Cn1ccnn1.Cn1nnc(Br)c1CC1CC1.Cn1nncc1C(Cl)C1CC1.Cn1nncc1C(O)C1CC1.Cn1nncc1CC1CC1.O=CC1CC1.O=S(Cl)Cl.[B]=NS. The number of aryl methyl sites for hydroxylation is 5. The van der Waals surface area contributed by atoms with Crippen molar-refractivity contribution < 1.29 is 14.1 Å². The molecular formula is C36H58BBrCl3N16O3S2. The summed E-state index contributed by atoms with van der Waals surface area (Å²) in [5.41, 5.74) is 4.36. The van der Waals surface area contributed by atoms with Crippen LogP contribution in [-0.2, 0) is 62.1 Å². The standard InChI is InChI=1S/C7H10BrN3.C7H10ClN3.C7H11N3O.C7H11N3.C4H6O.C3H5N3.CH4.BHNS.Cl2OS/c1-11-6(4-5-2-3-5)7(8)9-10-11;1-11-6(4-9-10-11)7(8)5-2-3-5;1-10-6(4-8-9-10)7(11)5-2-3-5;1-10-7(5-8-9-10)4-6-2-3-6;5-3-4-1-2-4;1-6-3-2-4-5-6;;1-2-3;1-4(2)3/h5H,2-4H2,1H3;4-5,7H,2-3H2,1H3;4-5,7,11H,2-3H2,1H3;5-6H,2-4H2,1H3;3-4H,1-2H2;2-3H,1H3;1H4;3H;. The van der Waals surface area contributed by atoms with Gasteiger partial charge in [0.2, 0.25) is 9.23 Å². The van der Waals surface area contributed by atoms with E-state index in [4.69, 9.17) is 15.8 Å². The minimum atomic E-state index is -1.67. The summed E-state index contributed by atoms with van der Waals surface area (Å²) in [4.78, 5) is 9.57. The van der Waals surface area contributed by atoms with E-state index in [1.807, 2.05) is 43.8 Å². The molecule has 5 heterocycles. The first-order chi connectivity index (χ1) is 29.2. The third-order valence-electron chi connectivity index (χ3n) is 9.62. The number of aliphatic hydroxyl groups excluding tert-OH is 1. The first-order valence-corrected chi connectivity index (χ1v) is 24.0. The second kappa shape index (κ2) is 29.5. The van der Waals surface area contributed by atoms with Gasteiger partial charge in [0.05, 0.1) is 52.9 Å². The topological polar surface area (TPSA) is 220 Å². The molecule has 0 spiro atoms. The quantitative estimate of drug-likeness (QED) is 0.0543. The Kier molecular flexibility index (Phi) is 26.2. The number of carbonyl (C=O) groups is 1. The van der Waals surface area contributed by atoms with Gasteiger partial charge < -0.3 is 9.90 Å². The zero-order chi connectivity index (χ0) is 44.9. The normalized spacial score (nSPS) is 16.5. The summed E-state index contributed by atoms with van der Waals surface area (Å²) < 4.78 is 21.4. The Labute approximate surface area is 395 Å². The number of nitrogens with zero attached hydrogens (tertiary/aromatic N) is 16. The van der Waals surface area contributed by atoms with Crippen molar-refractivity contribution in [2.45, 2.75) is 96.0 Å². The fourth-order valence-electron chi connectivity index (χ4n) is 5.17. The van der Waals surface area contributed by atoms with Gasteiger partial charge in [-0.1, -0.05) is 33.5 Å². The van der Waals surface area contributed by atoms with Gasteiger partial charge in [0.1, 0.15) is 12.4 Å². The molecule has 10 rings (SSSR count). The van der Waals surface area contributed by atoms with E-state index in [0.717, 1.165) is 66.2 Å². The Morgan fingerprint density at radius 2 is 1.31 bits per heavy atom. The number of rotatable bonds is 9. The predicted molar refractivity (Wildman–Crippen MR) is 247 cm³/mol. The number of alkyl halides is 1. The Morgan fingerprint density at radius 3 is 1.63 bits per heavy atom. The molecule has 1 radical (unpaired) electrons. The van der Waals surface area contributed by atoms with Crippen molar-refractivity contribution >= 4 is 84.9 Å². The van der Waals surface area contributed by atoms with Crippen LogP contribution >= 0.6 is 61.7 Å². The van der Waals surface area contributed by atoms with Crippen LogP contribution in [0.5, 0.6) is 0 Å². The van der Waals surface area contributed by atoms with Crippen molar-refractivity contribution in [3.8, 4) is 0 Å². The summed E-state index contributed by atoms with van der Waals surface area (Å²) in [6.07, 6.45) is 24.2. The number of aromatic nitrogens is 15. The van der Waals surface area contributed by atoms with Crippen molar-refractivity contribution in [3.05, 3.63) is 58.4 Å². The molecule has 5 aliphatic carbocycles. The molecule has 5 fully saturated rings. The summed E-state index contributed by atoms with van der Waals surface area (Å²) in [5.74, 6) is 3.39. The fourth-order valence-corrected chi connectivity index (χ4v) is 6.11. The molecule has 0 saturated heterocycles. The molecule has 5 aromatic rings. The first-order valence-electron chi connectivity index (χ1n) is 19.6. The molecule has 0 aromatic carbocycles. The van der Waals surface area contributed by atoms with Gasteiger partial charge in [0.15, 0.2) is 4.60 Å². The van der Waals surface area contributed by atoms with Gasteiger partial charge in [-0.05, 0) is 117 Å². The van der Waals surface area contributed by atoms with Gasteiger partial charge >= 0.3 is 24.8 Å². The summed E-state index contributed by atoms with van der Waals surface area (Å²) in [5, 5.41) is 47.5. The first kappa shape index (κ1) is 55.2. The van der Waals surface area contributed by atoms with Gasteiger partial charge in [0, 0.05) is 68.7 Å². The summed E-state index contributed by atoms with van der Waals surface area (Å²) >= 11 is 12.7. The molecule has 26 heteroatoms. The van der Waals surface area contributed by atoms with Crippen molar-refractivity contribution in [3.63, 3.8) is 0 Å². The molecule has 2 atom stereocenters. The Hall–Kier alpha value is -2.96. The summed E-state index contributed by atoms with van der Waals surface area (Å²) in [7, 11) is 21.1. The van der Waals surface area contributed by atoms with E-state index in [2.05, 4.69) is 114 Å². The van der Waals surface area contributed by atoms with E-state index < -0.39 is 9.23 Å². The number of carbonyl (C=O) groups excluding carboxylic acids is 1. The number of aldehydes is 1. The van der Waals surface area contributed by atoms with Crippen LogP contribution in [0.15, 0.2) is 39.9 Å². The van der Waals surface area contributed by atoms with Gasteiger partial charge in [-0.25, -0.2) is 8.89 Å². The van der Waals surface area contributed by atoms with E-state index >= 15 is 0 Å². The van der Waals surface area contributed by atoms with Gasteiger partial charge in [-0.15, -0.1) is 37.1 Å². The average molecular weight is 1020 g/mol. The molecule has 19 nitrogen and oxygen atoms in total. The fraction of sp³-hybridized carbons (Fsp3) is 0.694. The maximum atomic E-state index is 9.63. The second-order valence-electron chi connectivity index (χ2n) is 15.0. The molecule has 0 aliphatic heterocycles. The molecule has 0 bridgehead atoms. The number of aliphatic hydroxyl groups is 1. The average Bonchev–Trinajstić information content (AvgIpc) is 4.01. The van der Waals surface area contributed by atoms with Crippen molar-refractivity contribution in [1.82, 2.24) is 75.0 Å². The zero-order valence-corrected chi connectivity index (χ0v) is 40.4. The summed E-state index contributed by atoms with van der Waals surface area (Å²) in [6.45, 7) is 0. The van der Waals surface area contributed by atoms with E-state index in [-0.39, 0.29) is 18.9 Å². The molecule has 5 saturated carbocycles. The van der Waals surface area contributed by atoms with Crippen LogP contribution in [-0.4, -0.2) is 98.2 Å². The van der Waals surface area contributed by atoms with Crippen molar-refractivity contribution in [2.75, 3.05) is 0 Å². The third kappa shape index (κ3) is 23.1. The molecule has 62 heavy (non-hydrogen) atoms. The van der Waals surface area contributed by atoms with Crippen molar-refractivity contribution in [1.29, 1.82) is 0 Å². The molecule has 5 aromatic heterocycles. The van der Waals surface area contributed by atoms with Gasteiger partial charge in [0.25, 0.3) is 0 Å². The van der Waals surface area contributed by atoms with E-state index in [1.165, 1.54) is 56.3 Å². The number of hydrogen-bond acceptors (Lipinski definition) is 15. The summed E-state index contributed by atoms with van der Waals surface area (Å²) in [6, 6.07) is 0. The van der Waals surface area contributed by atoms with Gasteiger partial charge in [-0.2, -0.15) is 0 Å².